The number of carbonyl (C=O) groups is 7. The summed E-state index contributed by atoms with van der Waals surface area (Å²) < 4.78 is 5.71. The molecule has 2 heterocycles. The van der Waals surface area contributed by atoms with Gasteiger partial charge in [0.1, 0.15) is 10.7 Å². The summed E-state index contributed by atoms with van der Waals surface area (Å²) in [6.07, 6.45) is 7.62. The fourth-order valence-corrected chi connectivity index (χ4v) is 7.45. The highest BCUT2D eigenvalue weighted by atomic mass is 32.1. The van der Waals surface area contributed by atoms with Crippen LogP contribution in [-0.4, -0.2) is 88.4 Å². The molecule has 0 aliphatic carbocycles. The Kier molecular flexibility index (Phi) is 19.0. The highest BCUT2D eigenvalue weighted by molar-refractivity contribution is 7.09. The lowest BCUT2D eigenvalue weighted by molar-refractivity contribution is -0.148. The quantitative estimate of drug-likeness (QED) is 0.0677. The van der Waals surface area contributed by atoms with E-state index < -0.39 is 12.1 Å². The number of imide groups is 1. The van der Waals surface area contributed by atoms with Crippen LogP contribution < -0.4 is 16.0 Å². The molecule has 0 radical (unpaired) electrons. The Balaban J connectivity index is 1.52. The average Bonchev–Trinajstić information content (AvgIpc) is 3.77. The number of thiazole rings is 1. The topological polar surface area (TPSA) is 184 Å². The second-order valence-electron chi connectivity index (χ2n) is 15.3. The summed E-state index contributed by atoms with van der Waals surface area (Å²) in [7, 11) is 1.79. The van der Waals surface area contributed by atoms with Crippen LogP contribution in [0, 0.1) is 11.8 Å². The van der Waals surface area contributed by atoms with E-state index in [1.807, 2.05) is 32.9 Å². The predicted octanol–water partition coefficient (Wildman–Crippen LogP) is 5.74. The summed E-state index contributed by atoms with van der Waals surface area (Å²) in [5.41, 5.74) is 1.75. The van der Waals surface area contributed by atoms with Gasteiger partial charge in [-0.2, -0.15) is 0 Å². The lowest BCUT2D eigenvalue weighted by atomic mass is 9.96. The Labute approximate surface area is 340 Å². The maximum Gasteiger partial charge on any atom is 0.303 e. The van der Waals surface area contributed by atoms with Crippen LogP contribution in [-0.2, 0) is 39.9 Å². The number of amides is 6. The minimum Gasteiger partial charge on any atom is -0.455 e. The standard InChI is InChI=1S/C42H60N6O8S/c1-8-9-14-38(52)47(7)34(28(4)5)24-35(56-29(6)49)42-46-33(26-57-42)41(55)45-32(22-27(2)3)23-30-15-17-31(18-16-30)44-37(51)25-43-36(50)13-11-10-12-21-48-39(53)19-20-40(48)54/h15-20,26-28,32,34-35H,8-14,21-25H2,1-7H3,(H,43,50)(H,44,51)(H,45,55). The number of anilines is 1. The fourth-order valence-electron chi connectivity index (χ4n) is 6.61. The number of unbranched alkanes of at least 4 members (excludes halogenated alkanes) is 3. The van der Waals surface area contributed by atoms with Gasteiger partial charge < -0.3 is 25.6 Å². The summed E-state index contributed by atoms with van der Waals surface area (Å²) in [6, 6.07) is 6.90. The molecule has 2 aromatic rings. The molecule has 0 saturated carbocycles. The Morgan fingerprint density at radius 3 is 2.19 bits per heavy atom. The molecule has 1 aromatic carbocycles. The first-order valence-electron chi connectivity index (χ1n) is 20.0. The van der Waals surface area contributed by atoms with Crippen molar-refractivity contribution in [3.05, 3.63) is 58.1 Å². The second-order valence-corrected chi connectivity index (χ2v) is 16.2. The number of carbonyl (C=O) groups excluding carboxylic acids is 7. The number of benzene rings is 1. The third-order valence-corrected chi connectivity index (χ3v) is 10.6. The molecule has 3 unspecified atom stereocenters. The highest BCUT2D eigenvalue weighted by Gasteiger charge is 2.31. The van der Waals surface area contributed by atoms with Crippen molar-refractivity contribution in [3.8, 4) is 0 Å². The molecule has 15 heteroatoms. The lowest BCUT2D eigenvalue weighted by Crippen LogP contribution is -2.41. The van der Waals surface area contributed by atoms with Crippen LogP contribution in [0.25, 0.3) is 0 Å². The van der Waals surface area contributed by atoms with Gasteiger partial charge in [-0.1, -0.05) is 59.6 Å². The van der Waals surface area contributed by atoms with Gasteiger partial charge in [0.2, 0.25) is 17.7 Å². The van der Waals surface area contributed by atoms with Gasteiger partial charge in [-0.05, 0) is 61.6 Å². The summed E-state index contributed by atoms with van der Waals surface area (Å²) in [6.45, 7) is 11.7. The Morgan fingerprint density at radius 2 is 1.58 bits per heavy atom. The number of hydrogen-bond donors (Lipinski definition) is 3. The fraction of sp³-hybridized carbons (Fsp3) is 0.571. The number of nitrogens with zero attached hydrogens (tertiary/aromatic N) is 3. The Bertz CT molecular complexity index is 1700. The molecule has 3 rings (SSSR count). The molecule has 6 amide bonds. The number of hydrogen-bond acceptors (Lipinski definition) is 10. The van der Waals surface area contributed by atoms with Gasteiger partial charge >= 0.3 is 5.97 Å². The van der Waals surface area contributed by atoms with E-state index in [9.17, 15) is 33.6 Å². The number of nitrogens with one attached hydrogen (secondary N) is 3. The zero-order valence-corrected chi connectivity index (χ0v) is 35.2. The maximum absolute atomic E-state index is 13.5. The van der Waals surface area contributed by atoms with Crippen LogP contribution in [0.4, 0.5) is 5.69 Å². The van der Waals surface area contributed by atoms with E-state index in [0.29, 0.717) is 62.2 Å². The number of ether oxygens (including phenoxy) is 1. The molecule has 1 aromatic heterocycles. The summed E-state index contributed by atoms with van der Waals surface area (Å²) in [5.74, 6) is -1.64. The van der Waals surface area contributed by atoms with Crippen LogP contribution in [0.5, 0.6) is 0 Å². The van der Waals surface area contributed by atoms with Gasteiger partial charge in [0.25, 0.3) is 17.7 Å². The van der Waals surface area contributed by atoms with E-state index in [4.69, 9.17) is 4.74 Å². The molecule has 3 N–H and O–H groups in total. The zero-order valence-electron chi connectivity index (χ0n) is 34.4. The third-order valence-electron chi connectivity index (χ3n) is 9.64. The largest absolute Gasteiger partial charge is 0.455 e. The van der Waals surface area contributed by atoms with Crippen LogP contribution >= 0.6 is 11.3 Å². The Morgan fingerprint density at radius 1 is 0.895 bits per heavy atom. The molecule has 1 aliphatic rings. The second kappa shape index (κ2) is 23.3. The Hall–Kier alpha value is -4.92. The van der Waals surface area contributed by atoms with Crippen molar-refractivity contribution < 1.29 is 38.3 Å². The minimum absolute atomic E-state index is 0.0427. The van der Waals surface area contributed by atoms with Gasteiger partial charge in [0, 0.05) is 75.1 Å². The van der Waals surface area contributed by atoms with E-state index in [2.05, 4.69) is 34.8 Å². The van der Waals surface area contributed by atoms with Gasteiger partial charge in [-0.3, -0.25) is 38.5 Å². The van der Waals surface area contributed by atoms with E-state index in [-0.39, 0.29) is 78.0 Å². The van der Waals surface area contributed by atoms with Crippen molar-refractivity contribution in [2.75, 3.05) is 25.5 Å². The monoisotopic (exact) mass is 808 g/mol. The third kappa shape index (κ3) is 15.9. The first-order chi connectivity index (χ1) is 27.1. The van der Waals surface area contributed by atoms with E-state index in [0.717, 1.165) is 18.4 Å². The van der Waals surface area contributed by atoms with Gasteiger partial charge in [0.05, 0.1) is 6.54 Å². The molecule has 0 spiro atoms. The minimum atomic E-state index is -0.716. The first kappa shape index (κ1) is 46.5. The van der Waals surface area contributed by atoms with Gasteiger partial charge in [0.15, 0.2) is 6.10 Å². The molecule has 57 heavy (non-hydrogen) atoms. The summed E-state index contributed by atoms with van der Waals surface area (Å²) in [4.78, 5) is 94.0. The van der Waals surface area contributed by atoms with E-state index in [1.54, 1.807) is 29.5 Å². The molecular formula is C42H60N6O8S. The molecule has 3 atom stereocenters. The lowest BCUT2D eigenvalue weighted by Gasteiger charge is -2.33. The molecule has 1 aliphatic heterocycles. The van der Waals surface area contributed by atoms with Crippen LogP contribution in [0.2, 0.25) is 0 Å². The van der Waals surface area contributed by atoms with E-state index >= 15 is 0 Å². The van der Waals surface area contributed by atoms with Crippen LogP contribution in [0.15, 0.2) is 41.8 Å². The predicted molar refractivity (Wildman–Crippen MR) is 219 cm³/mol. The smallest absolute Gasteiger partial charge is 0.303 e. The molecule has 14 nitrogen and oxygen atoms in total. The first-order valence-corrected chi connectivity index (χ1v) is 20.8. The normalized spacial score (nSPS) is 14.1. The van der Waals surface area contributed by atoms with Gasteiger partial charge in [-0.25, -0.2) is 4.98 Å². The molecule has 0 saturated heterocycles. The maximum atomic E-state index is 13.5. The number of esters is 1. The van der Waals surface area contributed by atoms with Crippen molar-refractivity contribution in [1.29, 1.82) is 0 Å². The number of aromatic nitrogens is 1. The van der Waals surface area contributed by atoms with Crippen molar-refractivity contribution in [2.24, 2.45) is 11.8 Å². The molecule has 0 fully saturated rings. The molecular weight excluding hydrogens is 749 g/mol. The van der Waals surface area contributed by atoms with Crippen molar-refractivity contribution in [2.45, 2.75) is 124 Å². The summed E-state index contributed by atoms with van der Waals surface area (Å²) >= 11 is 1.25. The van der Waals surface area contributed by atoms with Crippen molar-refractivity contribution in [3.63, 3.8) is 0 Å². The van der Waals surface area contributed by atoms with Gasteiger partial charge in [-0.15, -0.1) is 11.3 Å². The number of rotatable bonds is 24. The zero-order chi connectivity index (χ0) is 42.1. The SMILES string of the molecule is CCCCC(=O)N(C)C(CC(OC(C)=O)c1nc(C(=O)NC(Cc2ccc(NC(=O)CNC(=O)CCCCCN3C(=O)C=CC3=O)cc2)CC(C)C)cs1)C(C)C. The van der Waals surface area contributed by atoms with Crippen LogP contribution in [0.1, 0.15) is 126 Å². The molecule has 0 bridgehead atoms. The van der Waals surface area contributed by atoms with Crippen molar-refractivity contribution in [1.82, 2.24) is 25.4 Å². The average molecular weight is 809 g/mol. The van der Waals surface area contributed by atoms with Crippen molar-refractivity contribution >= 4 is 58.4 Å². The summed E-state index contributed by atoms with van der Waals surface area (Å²) in [5, 5.41) is 10.7. The van der Waals surface area contributed by atoms with E-state index in [1.165, 1.54) is 35.3 Å². The molecule has 312 valence electrons. The highest BCUT2D eigenvalue weighted by Crippen LogP contribution is 2.31. The van der Waals surface area contributed by atoms with Crippen LogP contribution in [0.3, 0.4) is 0 Å².